The Bertz CT molecular complexity index is 439. The zero-order valence-electron chi connectivity index (χ0n) is 7.51. The molecule has 8 nitrogen and oxygen atoms in total. The van der Waals surface area contributed by atoms with Crippen LogP contribution in [0, 0.1) is 0 Å². The van der Waals surface area contributed by atoms with Crippen LogP contribution in [0.1, 0.15) is 13.3 Å². The Hall–Kier alpha value is -1.99. The van der Waals surface area contributed by atoms with Crippen LogP contribution < -0.4 is 10.4 Å². The van der Waals surface area contributed by atoms with E-state index in [0.29, 0.717) is 6.54 Å². The van der Waals surface area contributed by atoms with E-state index in [1.165, 1.54) is 0 Å². The first-order valence-electron chi connectivity index (χ1n) is 4.18. The average Bonchev–Trinajstić information content (AvgIpc) is 2.63. The third-order valence-electron chi connectivity index (χ3n) is 1.57. The molecule has 0 aliphatic heterocycles. The van der Waals surface area contributed by atoms with Gasteiger partial charge in [-0.1, -0.05) is 12.0 Å². The number of rotatable bonds is 3. The van der Waals surface area contributed by atoms with Gasteiger partial charge < -0.3 is 10.4 Å². The molecule has 0 spiro atoms. The molecule has 0 unspecified atom stereocenters. The molecule has 0 aliphatic carbocycles. The lowest BCUT2D eigenvalue weighted by Gasteiger charge is -2.07. The molecule has 2 aromatic heterocycles. The molecule has 0 saturated heterocycles. The summed E-state index contributed by atoms with van der Waals surface area (Å²) in [5.41, 5.74) is 0. The molecule has 0 atom stereocenters. The summed E-state index contributed by atoms with van der Waals surface area (Å²) in [5.74, 6) is 0.419. The Morgan fingerprint density at radius 3 is 3.07 bits per heavy atom. The average molecular weight is 194 g/mol. The summed E-state index contributed by atoms with van der Waals surface area (Å²) in [4.78, 5) is 7.59. The predicted molar refractivity (Wildman–Crippen MR) is 44.6 cm³/mol. The normalized spacial score (nSPS) is 10.6. The number of hydrogen-bond acceptors (Lipinski definition) is 7. The maximum Gasteiger partial charge on any atom is 0.277 e. The molecular formula is C6H8N7O-. The van der Waals surface area contributed by atoms with Crippen molar-refractivity contribution in [3.8, 4) is 6.01 Å². The fraction of sp³-hybridized carbons (Fsp3) is 0.500. The van der Waals surface area contributed by atoms with Gasteiger partial charge in [0, 0.05) is 6.54 Å². The molecule has 0 amide bonds. The van der Waals surface area contributed by atoms with Gasteiger partial charge in [0.05, 0.1) is 6.01 Å². The Morgan fingerprint density at radius 2 is 2.29 bits per heavy atom. The number of fused-ring (bicyclic) bond motifs is 1. The molecule has 14 heavy (non-hydrogen) atoms. The zero-order valence-corrected chi connectivity index (χ0v) is 7.51. The van der Waals surface area contributed by atoms with Gasteiger partial charge in [0.2, 0.25) is 5.95 Å². The van der Waals surface area contributed by atoms with E-state index in [1.54, 1.807) is 0 Å². The van der Waals surface area contributed by atoms with Crippen molar-refractivity contribution in [2.75, 3.05) is 11.9 Å². The molecule has 0 radical (unpaired) electrons. The van der Waals surface area contributed by atoms with Crippen molar-refractivity contribution >= 4 is 11.7 Å². The Balaban J connectivity index is 2.38. The van der Waals surface area contributed by atoms with Crippen molar-refractivity contribution in [2.45, 2.75) is 13.3 Å². The molecule has 2 heterocycles. The Morgan fingerprint density at radius 1 is 1.43 bits per heavy atom. The summed E-state index contributed by atoms with van der Waals surface area (Å²) < 4.78 is 0.942. The van der Waals surface area contributed by atoms with Gasteiger partial charge in [-0.2, -0.15) is 9.50 Å². The van der Waals surface area contributed by atoms with E-state index in [9.17, 15) is 5.11 Å². The van der Waals surface area contributed by atoms with Crippen LogP contribution in [0.3, 0.4) is 0 Å². The third kappa shape index (κ3) is 1.41. The van der Waals surface area contributed by atoms with Crippen molar-refractivity contribution in [3.63, 3.8) is 0 Å². The van der Waals surface area contributed by atoms with Crippen LogP contribution in [0.2, 0.25) is 0 Å². The maximum atomic E-state index is 11.3. The van der Waals surface area contributed by atoms with Gasteiger partial charge in [0.15, 0.2) is 0 Å². The number of tetrazole rings is 1. The highest BCUT2D eigenvalue weighted by Crippen LogP contribution is 2.05. The van der Waals surface area contributed by atoms with Crippen LogP contribution in [-0.4, -0.2) is 36.6 Å². The number of nitrogens with zero attached hydrogens (tertiary/aromatic N) is 6. The molecule has 0 aromatic carbocycles. The summed E-state index contributed by atoms with van der Waals surface area (Å²) >= 11 is 0. The van der Waals surface area contributed by atoms with Gasteiger partial charge in [0.1, 0.15) is 0 Å². The number of aromatic nitrogens is 6. The van der Waals surface area contributed by atoms with Crippen LogP contribution >= 0.6 is 0 Å². The second-order valence-electron chi connectivity index (χ2n) is 2.65. The summed E-state index contributed by atoms with van der Waals surface area (Å²) in [5, 5.41) is 24.4. The van der Waals surface area contributed by atoms with E-state index < -0.39 is 6.01 Å². The Labute approximate surface area is 79.0 Å². The summed E-state index contributed by atoms with van der Waals surface area (Å²) in [7, 11) is 0. The van der Waals surface area contributed by atoms with E-state index in [1.807, 2.05) is 6.92 Å². The molecule has 0 bridgehead atoms. The molecule has 0 saturated carbocycles. The molecule has 2 aromatic rings. The van der Waals surface area contributed by atoms with E-state index in [-0.39, 0.29) is 11.7 Å². The highest BCUT2D eigenvalue weighted by Gasteiger charge is 2.02. The molecule has 8 heteroatoms. The molecule has 0 fully saturated rings. The Kier molecular flexibility index (Phi) is 2.09. The molecule has 1 N–H and O–H groups in total. The minimum absolute atomic E-state index is 0.156. The van der Waals surface area contributed by atoms with Crippen LogP contribution in [0.4, 0.5) is 5.95 Å². The van der Waals surface area contributed by atoms with Crippen LogP contribution in [0.5, 0.6) is 6.01 Å². The molecule has 0 aliphatic rings. The second kappa shape index (κ2) is 3.40. The van der Waals surface area contributed by atoms with Gasteiger partial charge in [0.25, 0.3) is 5.78 Å². The minimum atomic E-state index is -0.529. The van der Waals surface area contributed by atoms with E-state index >= 15 is 0 Å². The monoisotopic (exact) mass is 194 g/mol. The van der Waals surface area contributed by atoms with Crippen LogP contribution in [-0.2, 0) is 0 Å². The van der Waals surface area contributed by atoms with Gasteiger partial charge in [-0.25, -0.2) is 4.98 Å². The first-order valence-corrected chi connectivity index (χ1v) is 4.18. The van der Waals surface area contributed by atoms with E-state index in [0.717, 1.165) is 10.9 Å². The predicted octanol–water partition coefficient (Wildman–Crippen LogP) is -1.19. The number of anilines is 1. The van der Waals surface area contributed by atoms with E-state index in [2.05, 4.69) is 30.8 Å². The summed E-state index contributed by atoms with van der Waals surface area (Å²) in [6.45, 7) is 2.71. The quantitative estimate of drug-likeness (QED) is 0.655. The van der Waals surface area contributed by atoms with E-state index in [4.69, 9.17) is 0 Å². The van der Waals surface area contributed by atoms with Gasteiger partial charge in [-0.3, -0.25) is 0 Å². The third-order valence-corrected chi connectivity index (χ3v) is 1.57. The zero-order chi connectivity index (χ0) is 9.97. The first-order chi connectivity index (χ1) is 6.81. The van der Waals surface area contributed by atoms with Crippen molar-refractivity contribution in [2.24, 2.45) is 0 Å². The minimum Gasteiger partial charge on any atom is -0.844 e. The summed E-state index contributed by atoms with van der Waals surface area (Å²) in [6.07, 6.45) is 0.924. The standard InChI is InChI=1S/C6H9N7O/c1-2-3-7-4-8-5-10-11-12-13(5)6(14)9-4/h2-3H2,1H3,(H2,7,8,9,10,12,14)/p-1. The molecule has 2 rings (SSSR count). The van der Waals surface area contributed by atoms with Crippen molar-refractivity contribution in [3.05, 3.63) is 0 Å². The van der Waals surface area contributed by atoms with Gasteiger partial charge >= 0.3 is 0 Å². The smallest absolute Gasteiger partial charge is 0.277 e. The van der Waals surface area contributed by atoms with Gasteiger partial charge in [-0.05, 0) is 16.8 Å². The topological polar surface area (TPSA) is 104 Å². The SMILES string of the molecule is CCCNc1nc([O-])n2nnnc2n1. The highest BCUT2D eigenvalue weighted by atomic mass is 16.3. The van der Waals surface area contributed by atoms with Crippen LogP contribution in [0.15, 0.2) is 0 Å². The van der Waals surface area contributed by atoms with Crippen molar-refractivity contribution in [1.82, 2.24) is 30.0 Å². The molecule has 74 valence electrons. The lowest BCUT2D eigenvalue weighted by Crippen LogP contribution is -2.11. The summed E-state index contributed by atoms with van der Waals surface area (Å²) in [6, 6.07) is -0.529. The first kappa shape index (κ1) is 8.60. The van der Waals surface area contributed by atoms with Crippen molar-refractivity contribution in [1.29, 1.82) is 0 Å². The number of hydrogen-bond donors (Lipinski definition) is 1. The largest absolute Gasteiger partial charge is 0.844 e. The van der Waals surface area contributed by atoms with Crippen molar-refractivity contribution < 1.29 is 5.11 Å². The fourth-order valence-electron chi connectivity index (χ4n) is 0.949. The molecular weight excluding hydrogens is 186 g/mol. The number of nitrogens with one attached hydrogen (secondary N) is 1. The maximum absolute atomic E-state index is 11.3. The lowest BCUT2D eigenvalue weighted by molar-refractivity contribution is -0.284. The van der Waals surface area contributed by atoms with Crippen LogP contribution in [0.25, 0.3) is 5.78 Å². The lowest BCUT2D eigenvalue weighted by atomic mass is 10.5. The second-order valence-corrected chi connectivity index (χ2v) is 2.65. The fourth-order valence-corrected chi connectivity index (χ4v) is 0.949. The highest BCUT2D eigenvalue weighted by molar-refractivity contribution is 5.35. The van der Waals surface area contributed by atoms with Gasteiger partial charge in [-0.15, -0.1) is 0 Å².